The van der Waals surface area contributed by atoms with Gasteiger partial charge in [0, 0.05) is 37.8 Å². The Balaban J connectivity index is 1.74. The number of benzene rings is 2. The number of carbonyl (C=O) groups is 1. The number of hydrogen-bond acceptors (Lipinski definition) is 5. The topological polar surface area (TPSA) is 75.9 Å². The number of nitrogens with zero attached hydrogens (tertiary/aromatic N) is 3. The van der Waals surface area contributed by atoms with Crippen LogP contribution >= 0.6 is 0 Å². The van der Waals surface area contributed by atoms with Crippen LogP contribution in [0.15, 0.2) is 36.4 Å². The summed E-state index contributed by atoms with van der Waals surface area (Å²) in [4.78, 5) is 26.9. The minimum Gasteiger partial charge on any atom is -0.494 e. The van der Waals surface area contributed by atoms with Crippen molar-refractivity contribution in [2.45, 2.75) is 13.3 Å². The maximum atomic E-state index is 13.9. The third kappa shape index (κ3) is 3.90. The normalized spacial score (nSPS) is 14.1. The van der Waals surface area contributed by atoms with Gasteiger partial charge in [-0.1, -0.05) is 19.1 Å². The number of nitro groups is 1. The molecule has 0 atom stereocenters. The summed E-state index contributed by atoms with van der Waals surface area (Å²) in [5, 5.41) is 11.3. The Labute approximate surface area is 162 Å². The van der Waals surface area contributed by atoms with E-state index in [1.54, 1.807) is 9.80 Å². The first-order valence-corrected chi connectivity index (χ1v) is 9.09. The van der Waals surface area contributed by atoms with Crippen LogP contribution in [-0.4, -0.2) is 49.0 Å². The summed E-state index contributed by atoms with van der Waals surface area (Å²) in [5.41, 5.74) is 1.77. The number of ether oxygens (including phenoxy) is 1. The van der Waals surface area contributed by atoms with Crippen molar-refractivity contribution in [3.05, 3.63) is 63.5 Å². The second-order valence-corrected chi connectivity index (χ2v) is 6.56. The molecule has 28 heavy (non-hydrogen) atoms. The molecule has 0 N–H and O–H groups in total. The van der Waals surface area contributed by atoms with Crippen molar-refractivity contribution in [1.82, 2.24) is 4.90 Å². The second kappa shape index (κ2) is 8.24. The molecule has 7 nitrogen and oxygen atoms in total. The van der Waals surface area contributed by atoms with E-state index in [1.807, 2.05) is 24.3 Å². The Hall–Kier alpha value is -3.16. The molecule has 3 rings (SSSR count). The van der Waals surface area contributed by atoms with E-state index in [0.717, 1.165) is 12.5 Å². The minimum atomic E-state index is -0.776. The fourth-order valence-corrected chi connectivity index (χ4v) is 3.30. The lowest BCUT2D eigenvalue weighted by Crippen LogP contribution is -2.49. The Morgan fingerprint density at radius 2 is 1.82 bits per heavy atom. The van der Waals surface area contributed by atoms with Gasteiger partial charge in [-0.25, -0.2) is 4.39 Å². The Bertz CT molecular complexity index is 878. The summed E-state index contributed by atoms with van der Waals surface area (Å²) in [6.45, 7) is 3.72. The van der Waals surface area contributed by atoms with Crippen LogP contribution in [0.4, 0.5) is 15.8 Å². The molecule has 1 fully saturated rings. The van der Waals surface area contributed by atoms with E-state index in [9.17, 15) is 19.3 Å². The third-order valence-corrected chi connectivity index (χ3v) is 4.96. The molecule has 0 aliphatic carbocycles. The van der Waals surface area contributed by atoms with Crippen LogP contribution < -0.4 is 9.64 Å². The van der Waals surface area contributed by atoms with Gasteiger partial charge in [-0.2, -0.15) is 0 Å². The van der Waals surface area contributed by atoms with Crippen LogP contribution in [0, 0.1) is 15.9 Å². The number of hydrogen-bond donors (Lipinski definition) is 0. The van der Waals surface area contributed by atoms with Crippen molar-refractivity contribution in [3.63, 3.8) is 0 Å². The summed E-state index contributed by atoms with van der Waals surface area (Å²) >= 11 is 0. The number of nitro benzene ring substituents is 1. The zero-order chi connectivity index (χ0) is 20.3. The van der Waals surface area contributed by atoms with Gasteiger partial charge in [0.1, 0.15) is 5.69 Å². The third-order valence-electron chi connectivity index (χ3n) is 4.96. The van der Waals surface area contributed by atoms with Gasteiger partial charge < -0.3 is 14.5 Å². The van der Waals surface area contributed by atoms with E-state index in [2.05, 4.69) is 6.92 Å². The van der Waals surface area contributed by atoms with Gasteiger partial charge in [-0.15, -0.1) is 0 Å². The maximum Gasteiger partial charge on any atom is 0.295 e. The maximum absolute atomic E-state index is 13.9. The van der Waals surface area contributed by atoms with Gasteiger partial charge in [0.15, 0.2) is 11.6 Å². The van der Waals surface area contributed by atoms with Gasteiger partial charge in [0.05, 0.1) is 18.1 Å². The zero-order valence-corrected chi connectivity index (χ0v) is 15.9. The fourth-order valence-electron chi connectivity index (χ4n) is 3.30. The second-order valence-electron chi connectivity index (χ2n) is 6.56. The molecular formula is C20H22FN3O4. The Morgan fingerprint density at radius 1 is 1.18 bits per heavy atom. The smallest absolute Gasteiger partial charge is 0.295 e. The monoisotopic (exact) mass is 387 g/mol. The predicted molar refractivity (Wildman–Crippen MR) is 104 cm³/mol. The van der Waals surface area contributed by atoms with E-state index >= 15 is 0 Å². The number of rotatable bonds is 5. The number of anilines is 1. The summed E-state index contributed by atoms with van der Waals surface area (Å²) in [6, 6.07) is 9.75. The molecular weight excluding hydrogens is 365 g/mol. The van der Waals surface area contributed by atoms with Crippen LogP contribution in [0.2, 0.25) is 0 Å². The molecule has 2 aromatic rings. The van der Waals surface area contributed by atoms with Crippen molar-refractivity contribution in [3.8, 4) is 5.75 Å². The highest BCUT2D eigenvalue weighted by Gasteiger charge is 2.28. The van der Waals surface area contributed by atoms with Crippen molar-refractivity contribution in [2.75, 3.05) is 38.2 Å². The van der Waals surface area contributed by atoms with Crippen molar-refractivity contribution in [2.24, 2.45) is 0 Å². The van der Waals surface area contributed by atoms with Crippen LogP contribution in [0.25, 0.3) is 0 Å². The average Bonchev–Trinajstić information content (AvgIpc) is 2.73. The highest BCUT2D eigenvalue weighted by molar-refractivity contribution is 5.94. The van der Waals surface area contributed by atoms with E-state index < -0.39 is 10.7 Å². The van der Waals surface area contributed by atoms with Crippen LogP contribution in [0.3, 0.4) is 0 Å². The number of halogens is 1. The van der Waals surface area contributed by atoms with Gasteiger partial charge >= 0.3 is 0 Å². The molecule has 0 bridgehead atoms. The van der Waals surface area contributed by atoms with Crippen LogP contribution in [0.1, 0.15) is 22.8 Å². The molecule has 0 radical (unpaired) electrons. The molecule has 0 unspecified atom stereocenters. The van der Waals surface area contributed by atoms with E-state index in [0.29, 0.717) is 37.4 Å². The molecule has 1 saturated heterocycles. The van der Waals surface area contributed by atoms with Gasteiger partial charge in [-0.3, -0.25) is 14.9 Å². The number of amides is 1. The summed E-state index contributed by atoms with van der Waals surface area (Å²) in [7, 11) is 1.31. The molecule has 1 amide bonds. The minimum absolute atomic E-state index is 0.0462. The first kappa shape index (κ1) is 19.6. The van der Waals surface area contributed by atoms with Crippen LogP contribution in [0.5, 0.6) is 5.75 Å². The van der Waals surface area contributed by atoms with Gasteiger partial charge in [-0.05, 0) is 24.1 Å². The largest absolute Gasteiger partial charge is 0.494 e. The van der Waals surface area contributed by atoms with Crippen molar-refractivity contribution < 1.29 is 18.8 Å². The average molecular weight is 387 g/mol. The van der Waals surface area contributed by atoms with Crippen molar-refractivity contribution >= 4 is 17.3 Å². The molecule has 1 heterocycles. The van der Waals surface area contributed by atoms with E-state index in [4.69, 9.17) is 4.74 Å². The highest BCUT2D eigenvalue weighted by atomic mass is 19.1. The van der Waals surface area contributed by atoms with Crippen LogP contribution in [-0.2, 0) is 6.42 Å². The highest BCUT2D eigenvalue weighted by Crippen LogP contribution is 2.35. The fraction of sp³-hybridized carbons (Fsp3) is 0.350. The molecule has 2 aromatic carbocycles. The van der Waals surface area contributed by atoms with Crippen molar-refractivity contribution in [1.29, 1.82) is 0 Å². The molecule has 8 heteroatoms. The molecule has 1 aliphatic heterocycles. The number of aryl methyl sites for hydroxylation is 1. The number of carbonyl (C=O) groups excluding carboxylic acids is 1. The Morgan fingerprint density at radius 3 is 2.36 bits per heavy atom. The van der Waals surface area contributed by atoms with Gasteiger partial charge in [0.2, 0.25) is 0 Å². The number of methoxy groups -OCH3 is 1. The molecule has 0 spiro atoms. The zero-order valence-electron chi connectivity index (χ0n) is 15.9. The predicted octanol–water partition coefficient (Wildman–Crippen LogP) is 3.27. The summed E-state index contributed by atoms with van der Waals surface area (Å²) < 4.78 is 18.8. The van der Waals surface area contributed by atoms with Gasteiger partial charge in [0.25, 0.3) is 11.6 Å². The molecule has 1 aliphatic rings. The first-order valence-electron chi connectivity index (χ1n) is 9.09. The van der Waals surface area contributed by atoms with E-state index in [-0.39, 0.29) is 17.3 Å². The summed E-state index contributed by atoms with van der Waals surface area (Å²) in [6.07, 6.45) is 0.910. The molecule has 148 valence electrons. The lowest BCUT2D eigenvalue weighted by atomic mass is 10.1. The van der Waals surface area contributed by atoms with E-state index in [1.165, 1.54) is 18.7 Å². The lowest BCUT2D eigenvalue weighted by Gasteiger charge is -2.36. The number of piperazine rings is 1. The standard InChI is InChI=1S/C20H22FN3O4/c1-3-14-4-6-15(7-5-14)20(25)23-10-8-22(9-11-23)17-13-19(28-2)16(21)12-18(17)24(26)27/h4-7,12-13H,3,8-11H2,1-2H3. The first-order chi connectivity index (χ1) is 13.4. The molecule has 0 aromatic heterocycles. The lowest BCUT2D eigenvalue weighted by molar-refractivity contribution is -0.384. The Kier molecular flexibility index (Phi) is 5.77. The SMILES string of the molecule is CCc1ccc(C(=O)N2CCN(c3cc(OC)c(F)cc3[N+](=O)[O-])CC2)cc1. The quantitative estimate of drug-likeness (QED) is 0.581. The summed E-state index contributed by atoms with van der Waals surface area (Å²) in [5.74, 6) is -0.883. The molecule has 0 saturated carbocycles.